The van der Waals surface area contributed by atoms with Gasteiger partial charge in [0.15, 0.2) is 0 Å². The number of nitrogens with one attached hydrogen (secondary N) is 1. The second kappa shape index (κ2) is 6.62. The van der Waals surface area contributed by atoms with E-state index < -0.39 is 0 Å². The van der Waals surface area contributed by atoms with E-state index in [1.807, 2.05) is 14.1 Å². The van der Waals surface area contributed by atoms with E-state index in [2.05, 4.69) is 24.1 Å². The van der Waals surface area contributed by atoms with Gasteiger partial charge in [-0.1, -0.05) is 6.07 Å². The van der Waals surface area contributed by atoms with Gasteiger partial charge in [-0.25, -0.2) is 9.18 Å². The van der Waals surface area contributed by atoms with Gasteiger partial charge in [0.25, 0.3) is 0 Å². The highest BCUT2D eigenvalue weighted by Crippen LogP contribution is 2.23. The van der Waals surface area contributed by atoms with Crippen molar-refractivity contribution in [1.82, 2.24) is 15.1 Å². The molecule has 2 amide bonds. The van der Waals surface area contributed by atoms with E-state index >= 15 is 0 Å². The molecule has 0 unspecified atom stereocenters. The average molecular weight is 316 g/mol. The minimum Gasteiger partial charge on any atom is -0.336 e. The molecular weight excluding hydrogens is 293 g/mol. The predicted molar refractivity (Wildman–Crippen MR) is 84.1 cm³/mol. The highest BCUT2D eigenvalue weighted by molar-refractivity contribution is 5.85. The molecule has 1 N–H and O–H groups in total. The first-order chi connectivity index (χ1) is 9.29. The van der Waals surface area contributed by atoms with Crippen molar-refractivity contribution >= 4 is 18.4 Å². The Hall–Kier alpha value is -1.33. The van der Waals surface area contributed by atoms with Gasteiger partial charge in [-0.15, -0.1) is 12.4 Å². The van der Waals surface area contributed by atoms with Crippen molar-refractivity contribution in [3.8, 4) is 0 Å². The summed E-state index contributed by atoms with van der Waals surface area (Å²) in [6.07, 6.45) is 0. The third-order valence-corrected chi connectivity index (χ3v) is 4.06. The number of fused-ring (bicyclic) bond motifs is 1. The van der Waals surface area contributed by atoms with Crippen LogP contribution in [0.3, 0.4) is 0 Å². The first kappa shape index (κ1) is 17.7. The first-order valence-corrected chi connectivity index (χ1v) is 6.77. The molecule has 1 aliphatic rings. The van der Waals surface area contributed by atoms with Gasteiger partial charge < -0.3 is 15.1 Å². The predicted octanol–water partition coefficient (Wildman–Crippen LogP) is 2.61. The number of carbonyl (C=O) groups excluding carboxylic acids is 1. The number of halogens is 2. The molecule has 0 bridgehead atoms. The summed E-state index contributed by atoms with van der Waals surface area (Å²) in [4.78, 5) is 15.9. The summed E-state index contributed by atoms with van der Waals surface area (Å²) in [5.74, 6) is -0.250. The Bertz CT molecular complexity index is 520. The number of carbonyl (C=O) groups is 1. The molecule has 0 spiro atoms. The molecule has 0 saturated heterocycles. The van der Waals surface area contributed by atoms with E-state index in [0.29, 0.717) is 19.6 Å². The molecule has 4 nitrogen and oxygen atoms in total. The second-order valence-electron chi connectivity index (χ2n) is 6.13. The van der Waals surface area contributed by atoms with Crippen LogP contribution in [0.1, 0.15) is 25.0 Å². The summed E-state index contributed by atoms with van der Waals surface area (Å²) in [6, 6.07) is 4.60. The van der Waals surface area contributed by atoms with Crippen molar-refractivity contribution in [3.63, 3.8) is 0 Å². The van der Waals surface area contributed by atoms with Crippen LogP contribution < -0.4 is 5.32 Å². The van der Waals surface area contributed by atoms with E-state index in [1.54, 1.807) is 11.0 Å². The van der Waals surface area contributed by atoms with Crippen molar-refractivity contribution < 1.29 is 9.18 Å². The third kappa shape index (κ3) is 4.08. The quantitative estimate of drug-likeness (QED) is 0.930. The second-order valence-corrected chi connectivity index (χ2v) is 6.13. The Kier molecular flexibility index (Phi) is 5.59. The molecule has 1 aromatic carbocycles. The fraction of sp³-hybridized carbons (Fsp3) is 0.533. The van der Waals surface area contributed by atoms with Gasteiger partial charge in [-0.05, 0) is 51.2 Å². The maximum absolute atomic E-state index is 13.2. The maximum atomic E-state index is 13.2. The standard InChI is InChI=1S/C15H22FN3O.ClH/c1-15(2,18(3)4)10-17-14(20)19-8-11-5-6-13(16)7-12(11)9-19;/h5-7H,8-10H2,1-4H3,(H,17,20);1H. The summed E-state index contributed by atoms with van der Waals surface area (Å²) in [5.41, 5.74) is 1.81. The number of nitrogens with zero attached hydrogens (tertiary/aromatic N) is 2. The molecule has 2 rings (SSSR count). The average Bonchev–Trinajstić information content (AvgIpc) is 2.78. The molecule has 0 aromatic heterocycles. The summed E-state index contributed by atoms with van der Waals surface area (Å²) < 4.78 is 13.2. The minimum atomic E-state index is -0.250. The number of rotatable bonds is 3. The molecule has 6 heteroatoms. The van der Waals surface area contributed by atoms with Crippen LogP contribution in [0.15, 0.2) is 18.2 Å². The van der Waals surface area contributed by atoms with E-state index in [4.69, 9.17) is 0 Å². The van der Waals surface area contributed by atoms with Crippen LogP contribution >= 0.6 is 12.4 Å². The Morgan fingerprint density at radius 2 is 1.95 bits per heavy atom. The minimum absolute atomic E-state index is 0. The number of benzene rings is 1. The van der Waals surface area contributed by atoms with Crippen LogP contribution in [0, 0.1) is 5.82 Å². The molecule has 21 heavy (non-hydrogen) atoms. The number of hydrogen-bond acceptors (Lipinski definition) is 2. The molecule has 118 valence electrons. The summed E-state index contributed by atoms with van der Waals surface area (Å²) in [7, 11) is 3.97. The van der Waals surface area contributed by atoms with Crippen molar-refractivity contribution in [2.45, 2.75) is 32.5 Å². The lowest BCUT2D eigenvalue weighted by molar-refractivity contribution is 0.170. The smallest absolute Gasteiger partial charge is 0.318 e. The molecule has 0 aliphatic carbocycles. The molecular formula is C15H23ClFN3O. The van der Waals surface area contributed by atoms with Gasteiger partial charge in [0.2, 0.25) is 0 Å². The fourth-order valence-corrected chi connectivity index (χ4v) is 2.07. The van der Waals surface area contributed by atoms with Gasteiger partial charge in [0.1, 0.15) is 5.82 Å². The Balaban J connectivity index is 0.00000220. The summed E-state index contributed by atoms with van der Waals surface area (Å²) >= 11 is 0. The van der Waals surface area contributed by atoms with Gasteiger partial charge in [0, 0.05) is 25.2 Å². The van der Waals surface area contributed by atoms with Crippen LogP contribution in [-0.4, -0.2) is 42.0 Å². The van der Waals surface area contributed by atoms with Gasteiger partial charge >= 0.3 is 6.03 Å². The highest BCUT2D eigenvalue weighted by Gasteiger charge is 2.26. The number of urea groups is 1. The maximum Gasteiger partial charge on any atom is 0.318 e. The largest absolute Gasteiger partial charge is 0.336 e. The van der Waals surface area contributed by atoms with Crippen molar-refractivity contribution in [2.75, 3.05) is 20.6 Å². The van der Waals surface area contributed by atoms with Gasteiger partial charge in [0.05, 0.1) is 0 Å². The molecule has 1 aromatic rings. The van der Waals surface area contributed by atoms with Crippen LogP contribution in [-0.2, 0) is 13.1 Å². The number of amides is 2. The van der Waals surface area contributed by atoms with Crippen LogP contribution in [0.25, 0.3) is 0 Å². The Morgan fingerprint density at radius 3 is 2.57 bits per heavy atom. The van der Waals surface area contributed by atoms with Crippen molar-refractivity contribution in [3.05, 3.63) is 35.1 Å². The molecule has 0 saturated carbocycles. The zero-order valence-corrected chi connectivity index (χ0v) is 13.8. The van der Waals surface area contributed by atoms with E-state index in [1.165, 1.54) is 12.1 Å². The zero-order valence-electron chi connectivity index (χ0n) is 12.9. The van der Waals surface area contributed by atoms with Crippen LogP contribution in [0.5, 0.6) is 0 Å². The first-order valence-electron chi connectivity index (χ1n) is 6.77. The molecule has 0 fully saturated rings. The lowest BCUT2D eigenvalue weighted by Gasteiger charge is -2.33. The van der Waals surface area contributed by atoms with Crippen LogP contribution in [0.2, 0.25) is 0 Å². The zero-order chi connectivity index (χ0) is 14.9. The lowest BCUT2D eigenvalue weighted by Crippen LogP contribution is -2.50. The van der Waals surface area contributed by atoms with E-state index in [0.717, 1.165) is 11.1 Å². The van der Waals surface area contributed by atoms with Crippen molar-refractivity contribution in [1.29, 1.82) is 0 Å². The normalized spacial score (nSPS) is 13.9. The summed E-state index contributed by atoms with van der Waals surface area (Å²) in [5, 5.41) is 2.95. The van der Waals surface area contributed by atoms with Gasteiger partial charge in [-0.2, -0.15) is 0 Å². The number of hydrogen-bond donors (Lipinski definition) is 1. The Morgan fingerprint density at radius 1 is 1.33 bits per heavy atom. The lowest BCUT2D eigenvalue weighted by atomic mass is 10.0. The van der Waals surface area contributed by atoms with Crippen LogP contribution in [0.4, 0.5) is 9.18 Å². The Labute approximate surface area is 131 Å². The fourth-order valence-electron chi connectivity index (χ4n) is 2.07. The SMILES string of the molecule is CN(C)C(C)(C)CNC(=O)N1Cc2ccc(F)cc2C1.Cl. The highest BCUT2D eigenvalue weighted by atomic mass is 35.5. The van der Waals surface area contributed by atoms with E-state index in [-0.39, 0.29) is 29.8 Å². The number of likely N-dealkylation sites (N-methyl/N-ethyl adjacent to an activating group) is 1. The topological polar surface area (TPSA) is 35.6 Å². The van der Waals surface area contributed by atoms with E-state index in [9.17, 15) is 9.18 Å². The molecule has 1 heterocycles. The molecule has 0 atom stereocenters. The molecule has 0 radical (unpaired) electrons. The van der Waals surface area contributed by atoms with Crippen molar-refractivity contribution in [2.24, 2.45) is 0 Å². The summed E-state index contributed by atoms with van der Waals surface area (Å²) in [6.45, 7) is 5.73. The van der Waals surface area contributed by atoms with Gasteiger partial charge in [-0.3, -0.25) is 0 Å². The molecule has 1 aliphatic heterocycles. The third-order valence-electron chi connectivity index (χ3n) is 4.06. The monoisotopic (exact) mass is 315 g/mol.